The summed E-state index contributed by atoms with van der Waals surface area (Å²) in [4.78, 5) is 22.1. The quantitative estimate of drug-likeness (QED) is 0.301. The molecule has 0 aromatic carbocycles. The molecule has 0 aliphatic heterocycles. The Hall–Kier alpha value is -1.39. The van der Waals surface area contributed by atoms with Crippen molar-refractivity contribution in [1.82, 2.24) is 0 Å². The summed E-state index contributed by atoms with van der Waals surface area (Å²) in [5.41, 5.74) is 0. The fourth-order valence-electron chi connectivity index (χ4n) is 2.14. The van der Waals surface area contributed by atoms with E-state index in [1.54, 1.807) is 6.92 Å². The van der Waals surface area contributed by atoms with Crippen molar-refractivity contribution in [3.8, 4) is 0 Å². The molecule has 0 spiro atoms. The van der Waals surface area contributed by atoms with E-state index < -0.39 is 6.04 Å². The highest BCUT2D eigenvalue weighted by Gasteiger charge is 2.37. The third-order valence-electron chi connectivity index (χ3n) is 2.97. The largest absolute Gasteiger partial charge is 0.491 e. The van der Waals surface area contributed by atoms with Gasteiger partial charge in [0.1, 0.15) is 0 Å². The number of ketones is 1. The molecule has 0 amide bonds. The molecule has 0 aromatic rings. The van der Waals surface area contributed by atoms with Crippen LogP contribution >= 0.6 is 0 Å². The molecule has 0 radical (unpaired) electrons. The molecule has 1 saturated carbocycles. The minimum absolute atomic E-state index is 0.122. The van der Waals surface area contributed by atoms with Crippen LogP contribution in [-0.4, -0.2) is 23.4 Å². The Morgan fingerprint density at radius 3 is 2.81 bits per heavy atom. The van der Waals surface area contributed by atoms with Gasteiger partial charge in [0.25, 0.3) is 0 Å². The van der Waals surface area contributed by atoms with Gasteiger partial charge in [-0.3, -0.25) is 14.9 Å². The lowest BCUT2D eigenvalue weighted by atomic mass is 9.97. The summed E-state index contributed by atoms with van der Waals surface area (Å²) in [6.45, 7) is 5.68. The predicted molar refractivity (Wildman–Crippen MR) is 58.5 cm³/mol. The second-order valence-corrected chi connectivity index (χ2v) is 4.03. The van der Waals surface area contributed by atoms with Gasteiger partial charge in [-0.05, 0) is 19.8 Å². The van der Waals surface area contributed by atoms with Crippen LogP contribution in [0.3, 0.4) is 0 Å². The zero-order valence-corrected chi connectivity index (χ0v) is 9.48. The highest BCUT2D eigenvalue weighted by molar-refractivity contribution is 5.93. The SMILES string of the molecule is C=C(OCC)C(=O)C[C@@H]1CCC[C@H]1[N+](=O)[O-]. The Morgan fingerprint density at radius 1 is 1.56 bits per heavy atom. The summed E-state index contributed by atoms with van der Waals surface area (Å²) in [5.74, 6) is -0.239. The molecule has 1 fully saturated rings. The van der Waals surface area contributed by atoms with E-state index in [-0.39, 0.29) is 28.8 Å². The predicted octanol–water partition coefficient (Wildman–Crippen LogP) is 1.94. The Balaban J connectivity index is 2.50. The highest BCUT2D eigenvalue weighted by Crippen LogP contribution is 2.31. The van der Waals surface area contributed by atoms with E-state index in [0.29, 0.717) is 13.0 Å². The van der Waals surface area contributed by atoms with Gasteiger partial charge >= 0.3 is 0 Å². The average Bonchev–Trinajstić information content (AvgIpc) is 2.66. The maximum Gasteiger partial charge on any atom is 0.216 e. The number of rotatable bonds is 6. The van der Waals surface area contributed by atoms with Crippen LogP contribution in [0.1, 0.15) is 32.6 Å². The van der Waals surface area contributed by atoms with Gasteiger partial charge in [-0.15, -0.1) is 0 Å². The van der Waals surface area contributed by atoms with Gasteiger partial charge in [0.15, 0.2) is 11.5 Å². The first-order valence-corrected chi connectivity index (χ1v) is 5.54. The minimum atomic E-state index is -0.571. The van der Waals surface area contributed by atoms with Crippen molar-refractivity contribution in [3.63, 3.8) is 0 Å². The Labute approximate surface area is 94.6 Å². The van der Waals surface area contributed by atoms with Crippen LogP contribution in [0.2, 0.25) is 0 Å². The number of nitro groups is 1. The maximum absolute atomic E-state index is 11.6. The summed E-state index contributed by atoms with van der Waals surface area (Å²) in [6, 6.07) is -0.571. The molecule has 0 heterocycles. The van der Waals surface area contributed by atoms with Crippen LogP contribution in [0.25, 0.3) is 0 Å². The van der Waals surface area contributed by atoms with E-state index in [0.717, 1.165) is 12.8 Å². The van der Waals surface area contributed by atoms with Crippen molar-refractivity contribution in [2.45, 2.75) is 38.6 Å². The van der Waals surface area contributed by atoms with Crippen LogP contribution in [0.5, 0.6) is 0 Å². The van der Waals surface area contributed by atoms with Gasteiger partial charge in [0.2, 0.25) is 6.04 Å². The molecule has 1 rings (SSSR count). The van der Waals surface area contributed by atoms with Crippen LogP contribution in [0.15, 0.2) is 12.3 Å². The third kappa shape index (κ3) is 3.05. The smallest absolute Gasteiger partial charge is 0.216 e. The number of nitrogens with zero attached hydrogens (tertiary/aromatic N) is 1. The first kappa shape index (κ1) is 12.7. The molecule has 0 N–H and O–H groups in total. The van der Waals surface area contributed by atoms with Gasteiger partial charge in [-0.25, -0.2) is 0 Å². The van der Waals surface area contributed by atoms with Crippen molar-refractivity contribution in [2.75, 3.05) is 6.61 Å². The van der Waals surface area contributed by atoms with Crippen molar-refractivity contribution < 1.29 is 14.5 Å². The summed E-state index contributed by atoms with van der Waals surface area (Å²) in [7, 11) is 0. The van der Waals surface area contributed by atoms with Gasteiger partial charge in [0.05, 0.1) is 6.61 Å². The molecule has 90 valence electrons. The fourth-order valence-corrected chi connectivity index (χ4v) is 2.14. The van der Waals surface area contributed by atoms with Crippen molar-refractivity contribution in [3.05, 3.63) is 22.5 Å². The maximum atomic E-state index is 11.6. The van der Waals surface area contributed by atoms with Crippen molar-refractivity contribution >= 4 is 5.78 Å². The van der Waals surface area contributed by atoms with Gasteiger partial charge in [-0.1, -0.05) is 6.58 Å². The molecule has 0 unspecified atom stereocenters. The molecule has 2 atom stereocenters. The fraction of sp³-hybridized carbons (Fsp3) is 0.727. The molecule has 5 nitrogen and oxygen atoms in total. The first-order chi connectivity index (χ1) is 7.56. The van der Waals surface area contributed by atoms with Gasteiger partial charge in [0, 0.05) is 23.7 Å². The number of carbonyl (C=O) groups is 1. The number of hydrogen-bond acceptors (Lipinski definition) is 4. The van der Waals surface area contributed by atoms with E-state index in [1.807, 2.05) is 0 Å². The van der Waals surface area contributed by atoms with Crippen molar-refractivity contribution in [2.24, 2.45) is 5.92 Å². The molecule has 0 saturated heterocycles. The number of carbonyl (C=O) groups excluding carboxylic acids is 1. The van der Waals surface area contributed by atoms with Crippen molar-refractivity contribution in [1.29, 1.82) is 0 Å². The number of hydrogen-bond donors (Lipinski definition) is 0. The molecule has 1 aliphatic rings. The van der Waals surface area contributed by atoms with E-state index in [2.05, 4.69) is 6.58 Å². The molecule has 1 aliphatic carbocycles. The minimum Gasteiger partial charge on any atom is -0.491 e. The van der Waals surface area contributed by atoms with E-state index in [9.17, 15) is 14.9 Å². The molecule has 5 heteroatoms. The standard InChI is InChI=1S/C11H17NO4/c1-3-16-8(2)11(13)7-9-5-4-6-10(9)12(14)15/h9-10H,2-7H2,1H3/t9-,10+/m0/s1. The zero-order chi connectivity index (χ0) is 12.1. The second kappa shape index (κ2) is 5.63. The second-order valence-electron chi connectivity index (χ2n) is 4.03. The van der Waals surface area contributed by atoms with E-state index >= 15 is 0 Å². The van der Waals surface area contributed by atoms with Crippen LogP contribution in [0, 0.1) is 16.0 Å². The third-order valence-corrected chi connectivity index (χ3v) is 2.97. The molecular formula is C11H17NO4. The average molecular weight is 227 g/mol. The normalized spacial score (nSPS) is 24.1. The Bertz CT molecular complexity index is 300. The summed E-state index contributed by atoms with van der Waals surface area (Å²) < 4.78 is 5.00. The van der Waals surface area contributed by atoms with Crippen LogP contribution in [0.4, 0.5) is 0 Å². The van der Waals surface area contributed by atoms with E-state index in [4.69, 9.17) is 4.74 Å². The first-order valence-electron chi connectivity index (χ1n) is 5.54. The lowest BCUT2D eigenvalue weighted by molar-refractivity contribution is -0.528. The monoisotopic (exact) mass is 227 g/mol. The summed E-state index contributed by atoms with van der Waals surface area (Å²) >= 11 is 0. The van der Waals surface area contributed by atoms with E-state index in [1.165, 1.54) is 0 Å². The Kier molecular flexibility index (Phi) is 4.46. The topological polar surface area (TPSA) is 69.4 Å². The van der Waals surface area contributed by atoms with Gasteiger partial charge < -0.3 is 4.74 Å². The summed E-state index contributed by atoms with van der Waals surface area (Å²) in [6.07, 6.45) is 2.33. The van der Waals surface area contributed by atoms with Crippen LogP contribution < -0.4 is 0 Å². The molecule has 0 aromatic heterocycles. The molecular weight excluding hydrogens is 210 g/mol. The number of Topliss-reactive ketones (excluding diaryl/α,β-unsaturated/α-hetero) is 1. The Morgan fingerprint density at radius 2 is 2.25 bits per heavy atom. The number of allylic oxidation sites excluding steroid dienone is 1. The zero-order valence-electron chi connectivity index (χ0n) is 9.48. The number of ether oxygens (including phenoxy) is 1. The highest BCUT2D eigenvalue weighted by atomic mass is 16.6. The lowest BCUT2D eigenvalue weighted by Gasteiger charge is -2.12. The summed E-state index contributed by atoms with van der Waals surface area (Å²) in [5, 5.41) is 10.7. The molecule has 0 bridgehead atoms. The lowest BCUT2D eigenvalue weighted by Crippen LogP contribution is -2.26. The van der Waals surface area contributed by atoms with Crippen LogP contribution in [-0.2, 0) is 9.53 Å². The molecule has 16 heavy (non-hydrogen) atoms. The van der Waals surface area contributed by atoms with Gasteiger partial charge in [-0.2, -0.15) is 0 Å².